The summed E-state index contributed by atoms with van der Waals surface area (Å²) in [6, 6.07) is 0. The maximum atomic E-state index is 11.7. The molecule has 1 aliphatic rings. The number of nitrogens with one attached hydrogen (secondary N) is 1. The SMILES string of the molecule is CCCCNC(N)=NCC(=O)N1CCOCC1.I. The zero-order valence-corrected chi connectivity index (χ0v) is 13.2. The Morgan fingerprint density at radius 1 is 1.44 bits per heavy atom. The molecule has 1 fully saturated rings. The molecular formula is C11H23IN4O2. The lowest BCUT2D eigenvalue weighted by atomic mass is 10.3. The molecule has 0 spiro atoms. The van der Waals surface area contributed by atoms with Gasteiger partial charge in [-0.15, -0.1) is 24.0 Å². The molecule has 106 valence electrons. The van der Waals surface area contributed by atoms with Crippen LogP contribution in [-0.4, -0.2) is 56.2 Å². The molecule has 0 aromatic carbocycles. The standard InChI is InChI=1S/C11H22N4O2.HI/c1-2-3-4-13-11(12)14-9-10(16)15-5-7-17-8-6-15;/h2-9H2,1H3,(H3,12,13,14);1H. The molecule has 0 saturated carbocycles. The minimum absolute atomic E-state index is 0. The second kappa shape index (κ2) is 10.4. The second-order valence-electron chi connectivity index (χ2n) is 3.97. The van der Waals surface area contributed by atoms with Gasteiger partial charge in [0.05, 0.1) is 13.2 Å². The second-order valence-corrected chi connectivity index (χ2v) is 3.97. The Morgan fingerprint density at radius 3 is 2.72 bits per heavy atom. The minimum Gasteiger partial charge on any atom is -0.378 e. The van der Waals surface area contributed by atoms with Crippen molar-refractivity contribution < 1.29 is 9.53 Å². The molecule has 0 atom stereocenters. The number of hydrogen-bond donors (Lipinski definition) is 2. The molecule has 18 heavy (non-hydrogen) atoms. The molecule has 0 aromatic heterocycles. The molecular weight excluding hydrogens is 347 g/mol. The van der Waals surface area contributed by atoms with Crippen LogP contribution in [0.5, 0.6) is 0 Å². The predicted molar refractivity (Wildman–Crippen MR) is 82.2 cm³/mol. The van der Waals surface area contributed by atoms with E-state index in [2.05, 4.69) is 17.2 Å². The zero-order chi connectivity index (χ0) is 12.5. The average Bonchev–Trinajstić information content (AvgIpc) is 2.37. The third-order valence-electron chi connectivity index (χ3n) is 2.58. The van der Waals surface area contributed by atoms with E-state index in [0.29, 0.717) is 32.3 Å². The molecule has 1 heterocycles. The van der Waals surface area contributed by atoms with E-state index in [-0.39, 0.29) is 36.4 Å². The summed E-state index contributed by atoms with van der Waals surface area (Å²) in [5.74, 6) is 0.355. The maximum absolute atomic E-state index is 11.7. The number of hydrogen-bond acceptors (Lipinski definition) is 3. The highest BCUT2D eigenvalue weighted by Crippen LogP contribution is 1.97. The maximum Gasteiger partial charge on any atom is 0.244 e. The lowest BCUT2D eigenvalue weighted by Crippen LogP contribution is -2.42. The normalized spacial score (nSPS) is 16.1. The number of carbonyl (C=O) groups excluding carboxylic acids is 1. The van der Waals surface area contributed by atoms with E-state index in [4.69, 9.17) is 10.5 Å². The molecule has 1 aliphatic heterocycles. The van der Waals surface area contributed by atoms with Gasteiger partial charge in [-0.1, -0.05) is 13.3 Å². The summed E-state index contributed by atoms with van der Waals surface area (Å²) in [6.07, 6.45) is 2.15. The number of rotatable bonds is 5. The van der Waals surface area contributed by atoms with Crippen LogP contribution in [0, 0.1) is 0 Å². The number of morpholine rings is 1. The fourth-order valence-electron chi connectivity index (χ4n) is 1.51. The first-order chi connectivity index (χ1) is 8.24. The van der Waals surface area contributed by atoms with Gasteiger partial charge in [0.2, 0.25) is 5.91 Å². The van der Waals surface area contributed by atoms with E-state index in [1.54, 1.807) is 4.90 Å². The highest BCUT2D eigenvalue weighted by molar-refractivity contribution is 14.0. The monoisotopic (exact) mass is 370 g/mol. The van der Waals surface area contributed by atoms with Crippen LogP contribution in [0.2, 0.25) is 0 Å². The van der Waals surface area contributed by atoms with Crippen molar-refractivity contribution in [1.82, 2.24) is 10.2 Å². The van der Waals surface area contributed by atoms with Crippen LogP contribution < -0.4 is 11.1 Å². The van der Waals surface area contributed by atoms with Crippen LogP contribution in [0.15, 0.2) is 4.99 Å². The highest BCUT2D eigenvalue weighted by atomic mass is 127. The van der Waals surface area contributed by atoms with Crippen molar-refractivity contribution in [2.75, 3.05) is 39.4 Å². The van der Waals surface area contributed by atoms with Crippen molar-refractivity contribution >= 4 is 35.8 Å². The molecule has 1 saturated heterocycles. The van der Waals surface area contributed by atoms with Gasteiger partial charge in [0.1, 0.15) is 6.54 Å². The summed E-state index contributed by atoms with van der Waals surface area (Å²) < 4.78 is 5.17. The Labute approximate surface area is 125 Å². The molecule has 0 aliphatic carbocycles. The summed E-state index contributed by atoms with van der Waals surface area (Å²) in [5.41, 5.74) is 5.64. The van der Waals surface area contributed by atoms with Crippen molar-refractivity contribution in [1.29, 1.82) is 0 Å². The Morgan fingerprint density at radius 2 is 2.11 bits per heavy atom. The predicted octanol–water partition coefficient (Wildman–Crippen LogP) is 0.168. The van der Waals surface area contributed by atoms with Gasteiger partial charge < -0.3 is 20.7 Å². The first-order valence-corrected chi connectivity index (χ1v) is 6.13. The Kier molecular flexibility index (Phi) is 10.0. The summed E-state index contributed by atoms with van der Waals surface area (Å²) in [6.45, 7) is 5.55. The van der Waals surface area contributed by atoms with Gasteiger partial charge in [-0.25, -0.2) is 4.99 Å². The number of ether oxygens (including phenoxy) is 1. The fourth-order valence-corrected chi connectivity index (χ4v) is 1.51. The molecule has 1 amide bonds. The van der Waals surface area contributed by atoms with E-state index in [0.717, 1.165) is 19.4 Å². The molecule has 7 heteroatoms. The number of carbonyl (C=O) groups is 1. The molecule has 0 radical (unpaired) electrons. The average molecular weight is 370 g/mol. The minimum atomic E-state index is 0. The number of nitrogens with zero attached hydrogens (tertiary/aromatic N) is 2. The van der Waals surface area contributed by atoms with Gasteiger partial charge in [-0.2, -0.15) is 0 Å². The fraction of sp³-hybridized carbons (Fsp3) is 0.818. The van der Waals surface area contributed by atoms with Crippen molar-refractivity contribution in [3.63, 3.8) is 0 Å². The van der Waals surface area contributed by atoms with E-state index >= 15 is 0 Å². The van der Waals surface area contributed by atoms with Crippen molar-refractivity contribution in [3.05, 3.63) is 0 Å². The third kappa shape index (κ3) is 7.00. The van der Waals surface area contributed by atoms with E-state index < -0.39 is 0 Å². The number of unbranched alkanes of at least 4 members (excludes halogenated alkanes) is 1. The van der Waals surface area contributed by atoms with E-state index in [1.165, 1.54) is 0 Å². The quantitative estimate of drug-likeness (QED) is 0.313. The molecule has 6 nitrogen and oxygen atoms in total. The van der Waals surface area contributed by atoms with Gasteiger partial charge in [0, 0.05) is 19.6 Å². The summed E-state index contributed by atoms with van der Waals surface area (Å²) >= 11 is 0. The Balaban J connectivity index is 0.00000289. The van der Waals surface area contributed by atoms with Crippen LogP contribution in [-0.2, 0) is 9.53 Å². The van der Waals surface area contributed by atoms with Crippen LogP contribution in [0.4, 0.5) is 0 Å². The lowest BCUT2D eigenvalue weighted by Gasteiger charge is -2.26. The van der Waals surface area contributed by atoms with Crippen molar-refractivity contribution in [3.8, 4) is 0 Å². The van der Waals surface area contributed by atoms with Crippen LogP contribution >= 0.6 is 24.0 Å². The first-order valence-electron chi connectivity index (χ1n) is 6.13. The van der Waals surface area contributed by atoms with Crippen LogP contribution in [0.1, 0.15) is 19.8 Å². The van der Waals surface area contributed by atoms with Gasteiger partial charge in [0.25, 0.3) is 0 Å². The topological polar surface area (TPSA) is 79.9 Å². The summed E-state index contributed by atoms with van der Waals surface area (Å²) in [4.78, 5) is 17.5. The van der Waals surface area contributed by atoms with Crippen molar-refractivity contribution in [2.45, 2.75) is 19.8 Å². The van der Waals surface area contributed by atoms with E-state index in [9.17, 15) is 4.79 Å². The van der Waals surface area contributed by atoms with Gasteiger partial charge in [-0.3, -0.25) is 4.79 Å². The molecule has 0 unspecified atom stereocenters. The number of nitrogens with two attached hydrogens (primary N) is 1. The number of amides is 1. The molecule has 3 N–H and O–H groups in total. The molecule has 1 rings (SSSR count). The van der Waals surface area contributed by atoms with E-state index in [1.807, 2.05) is 0 Å². The smallest absolute Gasteiger partial charge is 0.244 e. The molecule has 0 bridgehead atoms. The number of aliphatic imine (C=N–C) groups is 1. The van der Waals surface area contributed by atoms with Gasteiger partial charge >= 0.3 is 0 Å². The Hall–Kier alpha value is -0.570. The van der Waals surface area contributed by atoms with Crippen molar-refractivity contribution in [2.24, 2.45) is 10.7 Å². The number of halogens is 1. The van der Waals surface area contributed by atoms with Gasteiger partial charge in [0.15, 0.2) is 5.96 Å². The van der Waals surface area contributed by atoms with Crippen LogP contribution in [0.25, 0.3) is 0 Å². The highest BCUT2D eigenvalue weighted by Gasteiger charge is 2.15. The summed E-state index contributed by atoms with van der Waals surface area (Å²) in [7, 11) is 0. The lowest BCUT2D eigenvalue weighted by molar-refractivity contribution is -0.133. The first kappa shape index (κ1) is 17.4. The van der Waals surface area contributed by atoms with Gasteiger partial charge in [-0.05, 0) is 6.42 Å². The summed E-state index contributed by atoms with van der Waals surface area (Å²) in [5, 5.41) is 2.97. The van der Waals surface area contributed by atoms with Crippen LogP contribution in [0.3, 0.4) is 0 Å². The molecule has 0 aromatic rings. The Bertz CT molecular complexity index is 268. The zero-order valence-electron chi connectivity index (χ0n) is 10.9. The third-order valence-corrected chi connectivity index (χ3v) is 2.58. The largest absolute Gasteiger partial charge is 0.378 e. The number of guanidine groups is 1.